The van der Waals surface area contributed by atoms with Crippen LogP contribution in [0, 0.1) is 0 Å². The lowest BCUT2D eigenvalue weighted by molar-refractivity contribution is 0.0329. The summed E-state index contributed by atoms with van der Waals surface area (Å²) in [6.07, 6.45) is 5.88. The van der Waals surface area contributed by atoms with Crippen molar-refractivity contribution in [3.05, 3.63) is 0 Å². The van der Waals surface area contributed by atoms with Crippen LogP contribution in [0.15, 0.2) is 0 Å². The molecule has 0 spiro atoms. The maximum Gasteiger partial charge on any atom is 0.519 e. The smallest absolute Gasteiger partial charge is 0.373 e. The fourth-order valence-electron chi connectivity index (χ4n) is 2.89. The number of nitrogens with zero attached hydrogens (tertiary/aromatic N) is 1. The molecule has 0 heterocycles. The van der Waals surface area contributed by atoms with Crippen LogP contribution >= 0.6 is 0 Å². The van der Waals surface area contributed by atoms with E-state index in [1.54, 1.807) is 0 Å². The molecule has 1 unspecified atom stereocenters. The molecule has 0 aromatic heterocycles. The fourth-order valence-corrected chi connectivity index (χ4v) is 6.13. The first kappa shape index (κ1) is 22.1. The van der Waals surface area contributed by atoms with Gasteiger partial charge in [0.05, 0.1) is 5.67 Å². The van der Waals surface area contributed by atoms with Crippen molar-refractivity contribution in [3.8, 4) is 0 Å². The van der Waals surface area contributed by atoms with Crippen molar-refractivity contribution in [3.63, 3.8) is 0 Å². The molecule has 0 fully saturated rings. The SMILES string of the molecule is CCCCN(CCCC)C(CC)[Si](OCC)(OCC)OCC. The highest BCUT2D eigenvalue weighted by Crippen LogP contribution is 2.24. The number of rotatable bonds is 15. The van der Waals surface area contributed by atoms with Crippen molar-refractivity contribution in [2.24, 2.45) is 0 Å². The van der Waals surface area contributed by atoms with E-state index in [1.807, 2.05) is 20.8 Å². The largest absolute Gasteiger partial charge is 0.519 e. The third-order valence-corrected chi connectivity index (χ3v) is 7.53. The fraction of sp³-hybridized carbons (Fsp3) is 1.00. The van der Waals surface area contributed by atoms with E-state index in [0.717, 1.165) is 19.5 Å². The Hall–Kier alpha value is 0.0569. The lowest BCUT2D eigenvalue weighted by Crippen LogP contribution is -2.63. The highest BCUT2D eigenvalue weighted by atomic mass is 28.4. The Morgan fingerprint density at radius 1 is 0.727 bits per heavy atom. The van der Waals surface area contributed by atoms with Crippen molar-refractivity contribution in [1.82, 2.24) is 4.90 Å². The topological polar surface area (TPSA) is 30.9 Å². The second-order valence-corrected chi connectivity index (χ2v) is 8.31. The second-order valence-electron chi connectivity index (χ2n) is 5.57. The predicted molar refractivity (Wildman–Crippen MR) is 96.1 cm³/mol. The quantitative estimate of drug-likeness (QED) is 0.419. The molecule has 134 valence electrons. The van der Waals surface area contributed by atoms with Gasteiger partial charge in [0.15, 0.2) is 0 Å². The van der Waals surface area contributed by atoms with Crippen LogP contribution in [0.2, 0.25) is 0 Å². The molecule has 0 saturated heterocycles. The molecule has 0 aromatic carbocycles. The lowest BCUT2D eigenvalue weighted by atomic mass is 10.2. The summed E-state index contributed by atoms with van der Waals surface area (Å²) in [5.41, 5.74) is 0.269. The monoisotopic (exact) mass is 333 g/mol. The zero-order valence-electron chi connectivity index (χ0n) is 15.8. The summed E-state index contributed by atoms with van der Waals surface area (Å²) in [7, 11) is -2.66. The Labute approximate surface area is 139 Å². The van der Waals surface area contributed by atoms with E-state index in [1.165, 1.54) is 25.7 Å². The molecule has 5 heteroatoms. The van der Waals surface area contributed by atoms with Gasteiger partial charge >= 0.3 is 8.80 Å². The van der Waals surface area contributed by atoms with Crippen molar-refractivity contribution in [2.45, 2.75) is 79.3 Å². The van der Waals surface area contributed by atoms with Gasteiger partial charge in [-0.05, 0) is 53.1 Å². The Morgan fingerprint density at radius 2 is 1.14 bits per heavy atom. The summed E-state index contributed by atoms with van der Waals surface area (Å²) in [5, 5.41) is 0. The Kier molecular flexibility index (Phi) is 13.5. The minimum absolute atomic E-state index is 0.269. The maximum absolute atomic E-state index is 6.16. The first-order valence-corrected chi connectivity index (χ1v) is 11.1. The van der Waals surface area contributed by atoms with Crippen LogP contribution < -0.4 is 0 Å². The molecule has 22 heavy (non-hydrogen) atoms. The van der Waals surface area contributed by atoms with Gasteiger partial charge < -0.3 is 13.3 Å². The molecule has 0 aliphatic carbocycles. The molecule has 1 atom stereocenters. The van der Waals surface area contributed by atoms with E-state index in [4.69, 9.17) is 13.3 Å². The van der Waals surface area contributed by atoms with Crippen LogP contribution in [0.25, 0.3) is 0 Å². The van der Waals surface area contributed by atoms with E-state index in [2.05, 4.69) is 25.7 Å². The van der Waals surface area contributed by atoms with Crippen molar-refractivity contribution in [2.75, 3.05) is 32.9 Å². The minimum Gasteiger partial charge on any atom is -0.373 e. The molecule has 0 aromatic rings. The molecule has 0 amide bonds. The Balaban J connectivity index is 5.30. The molecule has 0 rings (SSSR count). The predicted octanol–water partition coefficient (Wildman–Crippen LogP) is 4.25. The first-order chi connectivity index (χ1) is 10.7. The summed E-state index contributed by atoms with van der Waals surface area (Å²) in [5.74, 6) is 0. The molecule has 0 aliphatic heterocycles. The summed E-state index contributed by atoms with van der Waals surface area (Å²) >= 11 is 0. The van der Waals surface area contributed by atoms with Gasteiger partial charge in [0.1, 0.15) is 0 Å². The van der Waals surface area contributed by atoms with Gasteiger partial charge in [-0.1, -0.05) is 33.6 Å². The normalized spacial score (nSPS) is 13.8. The molecule has 0 N–H and O–H groups in total. The summed E-state index contributed by atoms with van der Waals surface area (Å²) in [6, 6.07) is 0. The molecule has 0 aliphatic rings. The van der Waals surface area contributed by atoms with Crippen LogP contribution in [0.3, 0.4) is 0 Å². The van der Waals surface area contributed by atoms with Crippen molar-refractivity contribution in [1.29, 1.82) is 0 Å². The summed E-state index contributed by atoms with van der Waals surface area (Å²) < 4.78 is 18.5. The van der Waals surface area contributed by atoms with Crippen molar-refractivity contribution < 1.29 is 13.3 Å². The van der Waals surface area contributed by atoms with E-state index in [9.17, 15) is 0 Å². The zero-order chi connectivity index (χ0) is 16.8. The second kappa shape index (κ2) is 13.5. The van der Waals surface area contributed by atoms with Gasteiger partial charge in [-0.3, -0.25) is 4.90 Å². The van der Waals surface area contributed by atoms with Gasteiger partial charge in [-0.25, -0.2) is 0 Å². The summed E-state index contributed by atoms with van der Waals surface area (Å²) in [6.45, 7) is 17.0. The molecule has 4 nitrogen and oxygen atoms in total. The van der Waals surface area contributed by atoms with E-state index in [0.29, 0.717) is 19.8 Å². The van der Waals surface area contributed by atoms with Gasteiger partial charge in [0, 0.05) is 19.8 Å². The van der Waals surface area contributed by atoms with Crippen molar-refractivity contribution >= 4 is 8.80 Å². The molecular weight excluding hydrogens is 294 g/mol. The van der Waals surface area contributed by atoms with Crippen LogP contribution in [-0.2, 0) is 13.3 Å². The lowest BCUT2D eigenvalue weighted by Gasteiger charge is -2.41. The average Bonchev–Trinajstić information content (AvgIpc) is 2.50. The first-order valence-electron chi connectivity index (χ1n) is 9.31. The highest BCUT2D eigenvalue weighted by Gasteiger charge is 2.50. The third-order valence-electron chi connectivity index (χ3n) is 3.87. The maximum atomic E-state index is 6.16. The molecule has 0 bridgehead atoms. The van der Waals surface area contributed by atoms with Gasteiger partial charge in [-0.2, -0.15) is 0 Å². The van der Waals surface area contributed by atoms with Gasteiger partial charge in [0.25, 0.3) is 0 Å². The average molecular weight is 334 g/mol. The van der Waals surface area contributed by atoms with Crippen LogP contribution in [0.5, 0.6) is 0 Å². The molecule has 0 saturated carbocycles. The number of hydrogen-bond acceptors (Lipinski definition) is 4. The van der Waals surface area contributed by atoms with Crippen LogP contribution in [0.1, 0.15) is 73.6 Å². The van der Waals surface area contributed by atoms with E-state index < -0.39 is 8.80 Å². The summed E-state index contributed by atoms with van der Waals surface area (Å²) in [4.78, 5) is 2.57. The molecular formula is C17H39NO3Si. The Morgan fingerprint density at radius 3 is 1.41 bits per heavy atom. The van der Waals surface area contributed by atoms with Gasteiger partial charge in [0.2, 0.25) is 0 Å². The van der Waals surface area contributed by atoms with E-state index in [-0.39, 0.29) is 5.67 Å². The van der Waals surface area contributed by atoms with Crippen LogP contribution in [0.4, 0.5) is 0 Å². The van der Waals surface area contributed by atoms with Gasteiger partial charge in [-0.15, -0.1) is 0 Å². The van der Waals surface area contributed by atoms with E-state index >= 15 is 0 Å². The standard InChI is InChI=1S/C17H39NO3Si/c1-7-13-15-18(16-14-8-2)17(9-3)22(19-10-4,20-11-5)21-12-6/h17H,7-16H2,1-6H3. The highest BCUT2D eigenvalue weighted by molar-refractivity contribution is 6.62. The number of unbranched alkanes of at least 4 members (excludes halogenated alkanes) is 2. The third kappa shape index (κ3) is 7.09. The van der Waals surface area contributed by atoms with Crippen LogP contribution in [-0.4, -0.2) is 52.3 Å². The zero-order valence-corrected chi connectivity index (χ0v) is 16.8. The minimum atomic E-state index is -2.66. The number of hydrogen-bond donors (Lipinski definition) is 0. The molecule has 0 radical (unpaired) electrons. The Bertz CT molecular complexity index is 229.